The van der Waals surface area contributed by atoms with Crippen molar-refractivity contribution in [2.75, 3.05) is 11.9 Å². The van der Waals surface area contributed by atoms with Gasteiger partial charge in [-0.2, -0.15) is 0 Å². The van der Waals surface area contributed by atoms with Crippen molar-refractivity contribution >= 4 is 17.7 Å². The van der Waals surface area contributed by atoms with Crippen LogP contribution in [-0.2, 0) is 0 Å². The molecule has 0 radical (unpaired) electrons. The number of aryl methyl sites for hydroxylation is 1. The van der Waals surface area contributed by atoms with E-state index in [-0.39, 0.29) is 0 Å². The second kappa shape index (κ2) is 5.31. The number of pyridine rings is 1. The smallest absolute Gasteiger partial charge is 0.135 e. The average molecular weight is 241 g/mol. The fourth-order valence-corrected chi connectivity index (χ4v) is 1.85. The van der Waals surface area contributed by atoms with Crippen LogP contribution in [0.15, 0.2) is 47.8 Å². The normalized spacial score (nSPS) is 10.8. The molecule has 0 aliphatic heterocycles. The number of rotatable bonds is 3. The highest BCUT2D eigenvalue weighted by atomic mass is 16.4. The highest BCUT2D eigenvalue weighted by molar-refractivity contribution is 5.80. The minimum absolute atomic E-state index is 0.778. The Morgan fingerprint density at radius 2 is 2.00 bits per heavy atom. The molecular formula is C14H15N3O. The van der Waals surface area contributed by atoms with Gasteiger partial charge in [0.1, 0.15) is 5.82 Å². The van der Waals surface area contributed by atoms with Crippen LogP contribution in [0.25, 0.3) is 0 Å². The molecular weight excluding hydrogens is 226 g/mol. The second-order valence-corrected chi connectivity index (χ2v) is 4.05. The Morgan fingerprint density at radius 3 is 2.61 bits per heavy atom. The SMILES string of the molecule is Cc1cc(/C=N\O)cnc1N(C)c1ccccc1. The van der Waals surface area contributed by atoms with Crippen molar-refractivity contribution in [3.8, 4) is 0 Å². The van der Waals surface area contributed by atoms with Crippen LogP contribution in [0.5, 0.6) is 0 Å². The van der Waals surface area contributed by atoms with Crippen LogP contribution >= 0.6 is 0 Å². The summed E-state index contributed by atoms with van der Waals surface area (Å²) >= 11 is 0. The van der Waals surface area contributed by atoms with Crippen LogP contribution in [0.1, 0.15) is 11.1 Å². The minimum atomic E-state index is 0.778. The summed E-state index contributed by atoms with van der Waals surface area (Å²) in [6.45, 7) is 1.98. The van der Waals surface area contributed by atoms with Crippen molar-refractivity contribution in [3.05, 3.63) is 53.7 Å². The van der Waals surface area contributed by atoms with Crippen molar-refractivity contribution in [2.45, 2.75) is 6.92 Å². The number of nitrogens with zero attached hydrogens (tertiary/aromatic N) is 3. The highest BCUT2D eigenvalue weighted by Gasteiger charge is 2.08. The molecule has 18 heavy (non-hydrogen) atoms. The Kier molecular flexibility index (Phi) is 3.57. The number of hydrogen-bond donors (Lipinski definition) is 1. The van der Waals surface area contributed by atoms with E-state index in [0.717, 1.165) is 22.6 Å². The highest BCUT2D eigenvalue weighted by Crippen LogP contribution is 2.24. The third-order valence-electron chi connectivity index (χ3n) is 2.74. The monoisotopic (exact) mass is 241 g/mol. The summed E-state index contributed by atoms with van der Waals surface area (Å²) < 4.78 is 0. The predicted octanol–water partition coefficient (Wildman–Crippen LogP) is 2.97. The predicted molar refractivity (Wildman–Crippen MR) is 72.9 cm³/mol. The van der Waals surface area contributed by atoms with Gasteiger partial charge in [-0.3, -0.25) is 0 Å². The summed E-state index contributed by atoms with van der Waals surface area (Å²) in [7, 11) is 1.98. The van der Waals surface area contributed by atoms with E-state index in [0.29, 0.717) is 0 Å². The molecule has 4 nitrogen and oxygen atoms in total. The zero-order valence-corrected chi connectivity index (χ0v) is 10.4. The summed E-state index contributed by atoms with van der Waals surface area (Å²) in [5.41, 5.74) is 2.88. The molecule has 0 saturated heterocycles. The molecule has 1 N–H and O–H groups in total. The van der Waals surface area contributed by atoms with Crippen LogP contribution in [0, 0.1) is 6.92 Å². The summed E-state index contributed by atoms with van der Waals surface area (Å²) in [6.07, 6.45) is 3.05. The Hall–Kier alpha value is -2.36. The van der Waals surface area contributed by atoms with Gasteiger partial charge < -0.3 is 10.1 Å². The van der Waals surface area contributed by atoms with Gasteiger partial charge >= 0.3 is 0 Å². The fourth-order valence-electron chi connectivity index (χ4n) is 1.85. The van der Waals surface area contributed by atoms with Gasteiger partial charge in [0, 0.05) is 24.5 Å². The van der Waals surface area contributed by atoms with Crippen LogP contribution in [0.2, 0.25) is 0 Å². The Morgan fingerprint density at radius 1 is 1.28 bits per heavy atom. The summed E-state index contributed by atoms with van der Waals surface area (Å²) in [6, 6.07) is 12.0. The van der Waals surface area contributed by atoms with Crippen LogP contribution in [0.3, 0.4) is 0 Å². The molecule has 0 amide bonds. The van der Waals surface area contributed by atoms with Crippen LogP contribution < -0.4 is 4.90 Å². The number of para-hydroxylation sites is 1. The van der Waals surface area contributed by atoms with Crippen LogP contribution in [-0.4, -0.2) is 23.5 Å². The first-order valence-electron chi connectivity index (χ1n) is 5.65. The minimum Gasteiger partial charge on any atom is -0.411 e. The van der Waals surface area contributed by atoms with E-state index in [2.05, 4.69) is 10.1 Å². The van der Waals surface area contributed by atoms with Crippen molar-refractivity contribution < 1.29 is 5.21 Å². The number of hydrogen-bond acceptors (Lipinski definition) is 4. The standard InChI is InChI=1S/C14H15N3O/c1-11-8-12(10-16-18)9-15-14(11)17(2)13-6-4-3-5-7-13/h3-10,18H,1-2H3/b16-10-. The van der Waals surface area contributed by atoms with Crippen molar-refractivity contribution in [1.82, 2.24) is 4.98 Å². The van der Waals surface area contributed by atoms with Gasteiger partial charge in [0.25, 0.3) is 0 Å². The molecule has 0 bridgehead atoms. The lowest BCUT2D eigenvalue weighted by molar-refractivity contribution is 0.322. The first-order valence-corrected chi connectivity index (χ1v) is 5.65. The van der Waals surface area contributed by atoms with E-state index >= 15 is 0 Å². The van der Waals surface area contributed by atoms with Crippen molar-refractivity contribution in [2.24, 2.45) is 5.16 Å². The van der Waals surface area contributed by atoms with E-state index in [9.17, 15) is 0 Å². The molecule has 92 valence electrons. The topological polar surface area (TPSA) is 48.7 Å². The molecule has 0 unspecified atom stereocenters. The van der Waals surface area contributed by atoms with E-state index in [4.69, 9.17) is 5.21 Å². The number of aromatic nitrogens is 1. The molecule has 1 aromatic heterocycles. The van der Waals surface area contributed by atoms with E-state index < -0.39 is 0 Å². The van der Waals surface area contributed by atoms with Gasteiger partial charge in [0.15, 0.2) is 0 Å². The molecule has 2 rings (SSSR count). The van der Waals surface area contributed by atoms with Crippen molar-refractivity contribution in [1.29, 1.82) is 0 Å². The molecule has 0 fully saturated rings. The largest absolute Gasteiger partial charge is 0.411 e. The molecule has 0 spiro atoms. The summed E-state index contributed by atoms with van der Waals surface area (Å²) in [5.74, 6) is 0.885. The van der Waals surface area contributed by atoms with Crippen LogP contribution in [0.4, 0.5) is 11.5 Å². The zero-order valence-electron chi connectivity index (χ0n) is 10.4. The number of anilines is 2. The fraction of sp³-hybridized carbons (Fsp3) is 0.143. The molecule has 0 atom stereocenters. The third-order valence-corrected chi connectivity index (χ3v) is 2.74. The Labute approximate surface area is 106 Å². The number of oxime groups is 1. The van der Waals surface area contributed by atoms with E-state index in [1.807, 2.05) is 55.3 Å². The van der Waals surface area contributed by atoms with Gasteiger partial charge in [-0.05, 0) is 30.7 Å². The maximum Gasteiger partial charge on any atom is 0.135 e. The lowest BCUT2D eigenvalue weighted by Crippen LogP contribution is -2.12. The average Bonchev–Trinajstić information content (AvgIpc) is 2.40. The molecule has 4 heteroatoms. The lowest BCUT2D eigenvalue weighted by Gasteiger charge is -2.20. The molecule has 2 aromatic rings. The molecule has 0 saturated carbocycles. The molecule has 0 aliphatic carbocycles. The lowest BCUT2D eigenvalue weighted by atomic mass is 10.2. The van der Waals surface area contributed by atoms with Gasteiger partial charge in [0.2, 0.25) is 0 Å². The van der Waals surface area contributed by atoms with Gasteiger partial charge in [-0.25, -0.2) is 4.98 Å². The Bertz CT molecular complexity index is 552. The third kappa shape index (κ3) is 2.48. The Balaban J connectivity index is 2.34. The quantitative estimate of drug-likeness (QED) is 0.510. The van der Waals surface area contributed by atoms with Gasteiger partial charge in [-0.1, -0.05) is 23.4 Å². The second-order valence-electron chi connectivity index (χ2n) is 4.05. The first kappa shape index (κ1) is 12.1. The first-order chi connectivity index (χ1) is 8.72. The van der Waals surface area contributed by atoms with Gasteiger partial charge in [0.05, 0.1) is 6.21 Å². The zero-order chi connectivity index (χ0) is 13.0. The van der Waals surface area contributed by atoms with Crippen molar-refractivity contribution in [3.63, 3.8) is 0 Å². The van der Waals surface area contributed by atoms with E-state index in [1.54, 1.807) is 6.20 Å². The molecule has 1 heterocycles. The molecule has 1 aromatic carbocycles. The maximum absolute atomic E-state index is 8.50. The van der Waals surface area contributed by atoms with E-state index in [1.165, 1.54) is 6.21 Å². The molecule has 0 aliphatic rings. The maximum atomic E-state index is 8.50. The summed E-state index contributed by atoms with van der Waals surface area (Å²) in [5, 5.41) is 11.5. The number of benzene rings is 1. The van der Waals surface area contributed by atoms with Gasteiger partial charge in [-0.15, -0.1) is 0 Å². The summed E-state index contributed by atoms with van der Waals surface area (Å²) in [4.78, 5) is 6.42.